The van der Waals surface area contributed by atoms with Gasteiger partial charge in [0.1, 0.15) is 0 Å². The average Bonchev–Trinajstić information content (AvgIpc) is 3.05. The number of hydrogen-bond donors (Lipinski definition) is 2. The van der Waals surface area contributed by atoms with Gasteiger partial charge in [0.15, 0.2) is 0 Å². The highest BCUT2D eigenvalue weighted by molar-refractivity contribution is 5.01. The molecular formula is C15H29N3O. The van der Waals surface area contributed by atoms with Crippen LogP contribution in [0.5, 0.6) is 0 Å². The molecule has 0 radical (unpaired) electrons. The van der Waals surface area contributed by atoms with E-state index in [1.165, 1.54) is 51.6 Å². The van der Waals surface area contributed by atoms with Crippen molar-refractivity contribution in [3.05, 3.63) is 0 Å². The van der Waals surface area contributed by atoms with Gasteiger partial charge < -0.3 is 20.7 Å². The first kappa shape index (κ1) is 13.8. The summed E-state index contributed by atoms with van der Waals surface area (Å²) in [5.74, 6) is 0. The van der Waals surface area contributed by atoms with Gasteiger partial charge in [0.2, 0.25) is 0 Å². The van der Waals surface area contributed by atoms with Crippen molar-refractivity contribution in [2.45, 2.75) is 62.6 Å². The molecule has 0 aromatic carbocycles. The molecule has 3 rings (SSSR count). The van der Waals surface area contributed by atoms with E-state index in [1.54, 1.807) is 0 Å². The van der Waals surface area contributed by atoms with E-state index in [-0.39, 0.29) is 11.1 Å². The monoisotopic (exact) mass is 267 g/mol. The fourth-order valence-electron chi connectivity index (χ4n) is 4.10. The Morgan fingerprint density at radius 1 is 1.32 bits per heavy atom. The van der Waals surface area contributed by atoms with Gasteiger partial charge in [-0.3, -0.25) is 0 Å². The van der Waals surface area contributed by atoms with E-state index < -0.39 is 0 Å². The van der Waals surface area contributed by atoms with Gasteiger partial charge in [-0.15, -0.1) is 0 Å². The zero-order valence-corrected chi connectivity index (χ0v) is 12.3. The van der Waals surface area contributed by atoms with Crippen LogP contribution in [0.3, 0.4) is 0 Å². The first-order valence-corrected chi connectivity index (χ1v) is 7.98. The summed E-state index contributed by atoms with van der Waals surface area (Å²) in [5, 5.41) is 3.80. The molecule has 0 aromatic heterocycles. The Bertz CT molecular complexity index is 317. The van der Waals surface area contributed by atoms with E-state index in [1.807, 2.05) is 0 Å². The van der Waals surface area contributed by atoms with Gasteiger partial charge in [0.25, 0.3) is 0 Å². The van der Waals surface area contributed by atoms with Gasteiger partial charge in [-0.05, 0) is 52.0 Å². The molecule has 4 heteroatoms. The third kappa shape index (κ3) is 2.82. The number of ether oxygens (including phenoxy) is 1. The number of rotatable bonds is 4. The summed E-state index contributed by atoms with van der Waals surface area (Å²) in [5.41, 5.74) is 6.32. The number of nitrogens with one attached hydrogen (secondary N) is 1. The maximum atomic E-state index is 6.13. The lowest BCUT2D eigenvalue weighted by Crippen LogP contribution is -2.61. The second kappa shape index (κ2) is 5.32. The molecule has 3 aliphatic rings. The summed E-state index contributed by atoms with van der Waals surface area (Å²) in [6.07, 6.45) is 7.51. The van der Waals surface area contributed by atoms with Crippen LogP contribution in [0.1, 0.15) is 45.4 Å². The van der Waals surface area contributed by atoms with E-state index >= 15 is 0 Å². The molecule has 3 unspecified atom stereocenters. The first-order valence-electron chi connectivity index (χ1n) is 7.98. The lowest BCUT2D eigenvalue weighted by atomic mass is 9.82. The van der Waals surface area contributed by atoms with Gasteiger partial charge in [0.05, 0.1) is 5.60 Å². The minimum atomic E-state index is 0.0367. The lowest BCUT2D eigenvalue weighted by Gasteiger charge is -2.45. The Morgan fingerprint density at radius 3 is 2.95 bits per heavy atom. The molecule has 3 aliphatic heterocycles. The smallest absolute Gasteiger partial charge is 0.0779 e. The molecule has 0 aliphatic carbocycles. The predicted molar refractivity (Wildman–Crippen MR) is 77.2 cm³/mol. The number of nitrogens with two attached hydrogens (primary N) is 1. The van der Waals surface area contributed by atoms with Crippen LogP contribution in [0.25, 0.3) is 0 Å². The van der Waals surface area contributed by atoms with Crippen LogP contribution in [0.15, 0.2) is 0 Å². The summed E-state index contributed by atoms with van der Waals surface area (Å²) in [6, 6.07) is 0.766. The van der Waals surface area contributed by atoms with Gasteiger partial charge in [-0.2, -0.15) is 0 Å². The number of fused-ring (bicyclic) bond motifs is 1. The van der Waals surface area contributed by atoms with Crippen molar-refractivity contribution in [2.75, 3.05) is 32.8 Å². The Hall–Kier alpha value is -0.160. The van der Waals surface area contributed by atoms with E-state index in [0.29, 0.717) is 0 Å². The van der Waals surface area contributed by atoms with Crippen LogP contribution in [0, 0.1) is 0 Å². The minimum absolute atomic E-state index is 0.0367. The zero-order chi connectivity index (χ0) is 13.3. The summed E-state index contributed by atoms with van der Waals surface area (Å²) in [4.78, 5) is 2.66. The maximum Gasteiger partial charge on any atom is 0.0779 e. The molecule has 3 N–H and O–H groups in total. The van der Waals surface area contributed by atoms with Crippen molar-refractivity contribution >= 4 is 0 Å². The molecule has 0 aromatic rings. The van der Waals surface area contributed by atoms with Crippen LogP contribution < -0.4 is 11.1 Å². The van der Waals surface area contributed by atoms with Crippen molar-refractivity contribution in [1.82, 2.24) is 10.2 Å². The average molecular weight is 267 g/mol. The second-order valence-corrected chi connectivity index (χ2v) is 7.03. The van der Waals surface area contributed by atoms with E-state index in [2.05, 4.69) is 17.1 Å². The van der Waals surface area contributed by atoms with Gasteiger partial charge >= 0.3 is 0 Å². The highest BCUT2D eigenvalue weighted by atomic mass is 16.5. The molecular weight excluding hydrogens is 238 g/mol. The quantitative estimate of drug-likeness (QED) is 0.801. The molecule has 3 heterocycles. The maximum absolute atomic E-state index is 6.13. The zero-order valence-electron chi connectivity index (χ0n) is 12.3. The standard InChI is InChI=1S/C15H29N3O/c1-14(5-3-9-19-14)12-17-15(11-16)6-8-18-7-2-4-13(18)10-15/h13,17H,2-12,16H2,1H3. The van der Waals surface area contributed by atoms with Crippen LogP contribution in [0.2, 0.25) is 0 Å². The normalized spacial score (nSPS) is 43.6. The molecule has 19 heavy (non-hydrogen) atoms. The second-order valence-electron chi connectivity index (χ2n) is 7.03. The van der Waals surface area contributed by atoms with Crippen molar-refractivity contribution in [3.8, 4) is 0 Å². The van der Waals surface area contributed by atoms with Crippen molar-refractivity contribution < 1.29 is 4.74 Å². The molecule has 0 amide bonds. The molecule has 0 saturated carbocycles. The van der Waals surface area contributed by atoms with Gasteiger partial charge in [0, 0.05) is 37.8 Å². The molecule has 0 bridgehead atoms. The Morgan fingerprint density at radius 2 is 2.21 bits per heavy atom. The molecule has 3 saturated heterocycles. The number of nitrogens with zero attached hydrogens (tertiary/aromatic N) is 1. The largest absolute Gasteiger partial charge is 0.374 e. The summed E-state index contributed by atoms with van der Waals surface area (Å²) in [6.45, 7) is 7.38. The summed E-state index contributed by atoms with van der Waals surface area (Å²) in [7, 11) is 0. The third-order valence-corrected chi connectivity index (χ3v) is 5.53. The van der Waals surface area contributed by atoms with E-state index in [0.717, 1.165) is 25.7 Å². The Labute approximate surface area is 117 Å². The topological polar surface area (TPSA) is 50.5 Å². The molecule has 0 spiro atoms. The highest BCUT2D eigenvalue weighted by Gasteiger charge is 2.42. The van der Waals surface area contributed by atoms with Crippen LogP contribution in [-0.2, 0) is 4.74 Å². The first-order chi connectivity index (χ1) is 9.15. The number of piperidine rings is 1. The molecule has 3 fully saturated rings. The molecule has 3 atom stereocenters. The molecule has 110 valence electrons. The minimum Gasteiger partial charge on any atom is -0.374 e. The third-order valence-electron chi connectivity index (χ3n) is 5.53. The fourth-order valence-corrected chi connectivity index (χ4v) is 4.10. The fraction of sp³-hybridized carbons (Fsp3) is 1.00. The van der Waals surface area contributed by atoms with Gasteiger partial charge in [-0.1, -0.05) is 0 Å². The van der Waals surface area contributed by atoms with Gasteiger partial charge in [-0.25, -0.2) is 0 Å². The number of hydrogen-bond acceptors (Lipinski definition) is 4. The van der Waals surface area contributed by atoms with E-state index in [4.69, 9.17) is 10.5 Å². The summed E-state index contributed by atoms with van der Waals surface area (Å²) >= 11 is 0. The molecule has 4 nitrogen and oxygen atoms in total. The van der Waals surface area contributed by atoms with Crippen molar-refractivity contribution in [3.63, 3.8) is 0 Å². The SMILES string of the molecule is CC1(CNC2(CN)CCN3CCCC3C2)CCCO1. The predicted octanol–water partition coefficient (Wildman–Crippen LogP) is 1.10. The van der Waals surface area contributed by atoms with Crippen LogP contribution in [-0.4, -0.2) is 54.9 Å². The van der Waals surface area contributed by atoms with Crippen LogP contribution in [0.4, 0.5) is 0 Å². The lowest BCUT2D eigenvalue weighted by molar-refractivity contribution is 0.00708. The van der Waals surface area contributed by atoms with Crippen molar-refractivity contribution in [1.29, 1.82) is 0 Å². The van der Waals surface area contributed by atoms with E-state index in [9.17, 15) is 0 Å². The summed E-state index contributed by atoms with van der Waals surface area (Å²) < 4.78 is 5.89. The van der Waals surface area contributed by atoms with Crippen LogP contribution >= 0.6 is 0 Å². The highest BCUT2D eigenvalue weighted by Crippen LogP contribution is 2.33. The van der Waals surface area contributed by atoms with Crippen molar-refractivity contribution in [2.24, 2.45) is 5.73 Å². The Balaban J connectivity index is 1.60. The Kier molecular flexibility index (Phi) is 3.87.